The molecule has 0 aromatic heterocycles. The first-order valence-electron chi connectivity index (χ1n) is 8.54. The molecule has 2 rings (SSSR count). The summed E-state index contributed by atoms with van der Waals surface area (Å²) in [7, 11) is 0. The summed E-state index contributed by atoms with van der Waals surface area (Å²) in [6, 6.07) is 6.43. The summed E-state index contributed by atoms with van der Waals surface area (Å²) in [6.45, 7) is 9.68. The van der Waals surface area contributed by atoms with E-state index < -0.39 is 0 Å². The Morgan fingerprint density at radius 3 is 2.43 bits per heavy atom. The van der Waals surface area contributed by atoms with Crippen LogP contribution in [0.1, 0.15) is 25.8 Å². The largest absolute Gasteiger partial charge is 0.338 e. The lowest BCUT2D eigenvalue weighted by Crippen LogP contribution is -2.52. The third-order valence-electron chi connectivity index (χ3n) is 4.29. The van der Waals surface area contributed by atoms with Gasteiger partial charge in [-0.2, -0.15) is 0 Å². The first-order chi connectivity index (χ1) is 11.0. The van der Waals surface area contributed by atoms with Crippen LogP contribution in [0.3, 0.4) is 0 Å². The van der Waals surface area contributed by atoms with E-state index in [0.29, 0.717) is 6.54 Å². The molecule has 23 heavy (non-hydrogen) atoms. The van der Waals surface area contributed by atoms with Crippen LogP contribution in [0.25, 0.3) is 0 Å². The number of amides is 2. The lowest BCUT2D eigenvalue weighted by molar-refractivity contribution is 0.136. The zero-order valence-corrected chi connectivity index (χ0v) is 14.2. The van der Waals surface area contributed by atoms with E-state index in [9.17, 15) is 9.18 Å². The Kier molecular flexibility index (Phi) is 6.84. The van der Waals surface area contributed by atoms with Crippen molar-refractivity contribution in [2.24, 2.45) is 5.92 Å². The molecule has 1 saturated heterocycles. The van der Waals surface area contributed by atoms with Crippen molar-refractivity contribution in [1.82, 2.24) is 15.1 Å². The summed E-state index contributed by atoms with van der Waals surface area (Å²) in [5.41, 5.74) is 1.03. The molecule has 1 aliphatic heterocycles. The van der Waals surface area contributed by atoms with Gasteiger partial charge >= 0.3 is 6.03 Å². The van der Waals surface area contributed by atoms with Gasteiger partial charge in [0.2, 0.25) is 0 Å². The average molecular weight is 321 g/mol. The molecule has 4 nitrogen and oxygen atoms in total. The molecule has 1 heterocycles. The molecule has 1 aromatic carbocycles. The van der Waals surface area contributed by atoms with Crippen LogP contribution in [0, 0.1) is 11.7 Å². The van der Waals surface area contributed by atoms with Gasteiger partial charge < -0.3 is 10.2 Å². The molecule has 1 aliphatic rings. The van der Waals surface area contributed by atoms with Gasteiger partial charge in [0.25, 0.3) is 0 Å². The van der Waals surface area contributed by atoms with Gasteiger partial charge in [0.15, 0.2) is 0 Å². The second-order valence-corrected chi connectivity index (χ2v) is 6.62. The van der Waals surface area contributed by atoms with Crippen molar-refractivity contribution in [3.05, 3.63) is 35.6 Å². The second kappa shape index (κ2) is 8.87. The Morgan fingerprint density at radius 1 is 1.17 bits per heavy atom. The minimum absolute atomic E-state index is 0.00983. The molecule has 0 saturated carbocycles. The number of carbonyl (C=O) groups is 1. The van der Waals surface area contributed by atoms with E-state index in [1.807, 2.05) is 4.90 Å². The van der Waals surface area contributed by atoms with Gasteiger partial charge in [-0.3, -0.25) is 4.90 Å². The fraction of sp³-hybridized carbons (Fsp3) is 0.611. The summed E-state index contributed by atoms with van der Waals surface area (Å²) in [4.78, 5) is 16.5. The number of nitrogens with one attached hydrogen (secondary N) is 1. The molecule has 0 bridgehead atoms. The third-order valence-corrected chi connectivity index (χ3v) is 4.29. The predicted octanol–water partition coefficient (Wildman–Crippen LogP) is 2.74. The van der Waals surface area contributed by atoms with Crippen molar-refractivity contribution >= 4 is 6.03 Å². The maximum Gasteiger partial charge on any atom is 0.317 e. The van der Waals surface area contributed by atoms with Gasteiger partial charge in [-0.15, -0.1) is 0 Å². The first-order valence-corrected chi connectivity index (χ1v) is 8.54. The van der Waals surface area contributed by atoms with Crippen molar-refractivity contribution in [2.45, 2.75) is 26.7 Å². The fourth-order valence-corrected chi connectivity index (χ4v) is 2.69. The van der Waals surface area contributed by atoms with Crippen LogP contribution in [0.5, 0.6) is 0 Å². The summed E-state index contributed by atoms with van der Waals surface area (Å²) >= 11 is 0. The maximum atomic E-state index is 12.8. The second-order valence-electron chi connectivity index (χ2n) is 6.62. The van der Waals surface area contributed by atoms with Crippen molar-refractivity contribution in [1.29, 1.82) is 0 Å². The summed E-state index contributed by atoms with van der Waals surface area (Å²) in [5, 5.41) is 2.96. The standard InChI is InChI=1S/C18H28FN3O/c1-15(2)8-10-21-11-13-22(14-12-21)18(23)20-9-7-16-3-5-17(19)6-4-16/h3-6,15H,7-14H2,1-2H3,(H,20,23). The van der Waals surface area contributed by atoms with Crippen molar-refractivity contribution in [3.8, 4) is 0 Å². The van der Waals surface area contributed by atoms with E-state index in [1.165, 1.54) is 18.6 Å². The Hall–Kier alpha value is -1.62. The quantitative estimate of drug-likeness (QED) is 0.874. The minimum atomic E-state index is -0.229. The van der Waals surface area contributed by atoms with Gasteiger partial charge in [-0.25, -0.2) is 9.18 Å². The van der Waals surface area contributed by atoms with E-state index in [-0.39, 0.29) is 11.8 Å². The molecule has 1 aromatic rings. The lowest BCUT2D eigenvalue weighted by atomic mass is 10.1. The van der Waals surface area contributed by atoms with Gasteiger partial charge in [0.1, 0.15) is 5.82 Å². The van der Waals surface area contributed by atoms with Gasteiger partial charge in [0.05, 0.1) is 0 Å². The molecular weight excluding hydrogens is 293 g/mol. The third kappa shape index (κ3) is 6.18. The van der Waals surface area contributed by atoms with Crippen molar-refractivity contribution < 1.29 is 9.18 Å². The number of nitrogens with zero attached hydrogens (tertiary/aromatic N) is 2. The molecule has 0 unspecified atom stereocenters. The number of hydrogen-bond acceptors (Lipinski definition) is 2. The molecule has 2 amide bonds. The van der Waals surface area contributed by atoms with Gasteiger partial charge in [-0.05, 0) is 43.0 Å². The van der Waals surface area contributed by atoms with Crippen LogP contribution in [0.4, 0.5) is 9.18 Å². The minimum Gasteiger partial charge on any atom is -0.338 e. The van der Waals surface area contributed by atoms with Crippen LogP contribution in [-0.2, 0) is 6.42 Å². The normalized spacial score (nSPS) is 15.9. The van der Waals surface area contributed by atoms with E-state index >= 15 is 0 Å². The number of hydrogen-bond donors (Lipinski definition) is 1. The summed E-state index contributed by atoms with van der Waals surface area (Å²) < 4.78 is 12.8. The molecule has 1 fully saturated rings. The van der Waals surface area contributed by atoms with Crippen LogP contribution in [-0.4, -0.2) is 55.1 Å². The average Bonchev–Trinajstić information content (AvgIpc) is 2.55. The number of carbonyl (C=O) groups excluding carboxylic acids is 1. The van der Waals surface area contributed by atoms with Gasteiger partial charge in [0, 0.05) is 32.7 Å². The van der Waals surface area contributed by atoms with Crippen LogP contribution >= 0.6 is 0 Å². The number of urea groups is 1. The molecule has 0 spiro atoms. The van der Waals surface area contributed by atoms with E-state index in [4.69, 9.17) is 0 Å². The number of benzene rings is 1. The number of rotatable bonds is 6. The highest BCUT2D eigenvalue weighted by Gasteiger charge is 2.20. The molecule has 1 N–H and O–H groups in total. The maximum absolute atomic E-state index is 12.8. The lowest BCUT2D eigenvalue weighted by Gasteiger charge is -2.35. The van der Waals surface area contributed by atoms with Crippen LogP contribution in [0.15, 0.2) is 24.3 Å². The van der Waals surface area contributed by atoms with E-state index in [2.05, 4.69) is 24.1 Å². The highest BCUT2D eigenvalue weighted by molar-refractivity contribution is 5.74. The smallest absolute Gasteiger partial charge is 0.317 e. The molecular formula is C18H28FN3O. The molecule has 5 heteroatoms. The topological polar surface area (TPSA) is 35.6 Å². The van der Waals surface area contributed by atoms with Gasteiger partial charge in [-0.1, -0.05) is 26.0 Å². The highest BCUT2D eigenvalue weighted by atomic mass is 19.1. The Labute approximate surface area is 138 Å². The zero-order valence-electron chi connectivity index (χ0n) is 14.2. The Balaban J connectivity index is 1.64. The number of piperazine rings is 1. The number of halogens is 1. The van der Waals surface area contributed by atoms with E-state index in [1.54, 1.807) is 12.1 Å². The first kappa shape index (κ1) is 17.7. The fourth-order valence-electron chi connectivity index (χ4n) is 2.69. The highest BCUT2D eigenvalue weighted by Crippen LogP contribution is 2.07. The van der Waals surface area contributed by atoms with Crippen molar-refractivity contribution in [2.75, 3.05) is 39.3 Å². The molecule has 0 aliphatic carbocycles. The molecule has 0 radical (unpaired) electrons. The van der Waals surface area contributed by atoms with Crippen LogP contribution in [0.2, 0.25) is 0 Å². The van der Waals surface area contributed by atoms with Crippen molar-refractivity contribution in [3.63, 3.8) is 0 Å². The predicted molar refractivity (Wildman–Crippen MR) is 91.0 cm³/mol. The molecule has 128 valence electrons. The zero-order chi connectivity index (χ0) is 16.7. The molecule has 0 atom stereocenters. The van der Waals surface area contributed by atoms with Crippen LogP contribution < -0.4 is 5.32 Å². The SMILES string of the molecule is CC(C)CCN1CCN(C(=O)NCCc2ccc(F)cc2)CC1. The summed E-state index contributed by atoms with van der Waals surface area (Å²) in [6.07, 6.45) is 1.93. The Bertz CT molecular complexity index is 482. The Morgan fingerprint density at radius 2 is 1.83 bits per heavy atom. The van der Waals surface area contributed by atoms with E-state index in [0.717, 1.165) is 50.6 Å². The monoisotopic (exact) mass is 321 g/mol. The summed E-state index contributed by atoms with van der Waals surface area (Å²) in [5.74, 6) is 0.496.